The van der Waals surface area contributed by atoms with Crippen molar-refractivity contribution < 1.29 is 4.79 Å². The smallest absolute Gasteiger partial charge is 0.254 e. The van der Waals surface area contributed by atoms with Gasteiger partial charge in [-0.2, -0.15) is 0 Å². The zero-order valence-electron chi connectivity index (χ0n) is 11.0. The van der Waals surface area contributed by atoms with Crippen molar-refractivity contribution in [1.29, 1.82) is 0 Å². The lowest BCUT2D eigenvalue weighted by Gasteiger charge is -2.01. The normalized spacial score (nSPS) is 10.4. The standard InChI is InChI=1S/C15H18N2OS/c1-2-8-17-15(18)13-10-12(19-14(13)16)9-11-6-4-3-5-7-11/h3-7,10H,2,8-9,16H2,1H3,(H,17,18). The molecule has 2 aromatic rings. The van der Waals surface area contributed by atoms with Crippen molar-refractivity contribution in [2.75, 3.05) is 12.3 Å². The van der Waals surface area contributed by atoms with Crippen molar-refractivity contribution in [1.82, 2.24) is 5.32 Å². The number of amides is 1. The number of nitrogens with two attached hydrogens (primary N) is 1. The molecule has 0 spiro atoms. The summed E-state index contributed by atoms with van der Waals surface area (Å²) in [4.78, 5) is 13.0. The molecule has 0 saturated carbocycles. The van der Waals surface area contributed by atoms with Gasteiger partial charge in [-0.1, -0.05) is 37.3 Å². The fourth-order valence-corrected chi connectivity index (χ4v) is 2.81. The quantitative estimate of drug-likeness (QED) is 0.880. The third-order valence-electron chi connectivity index (χ3n) is 2.81. The highest BCUT2D eigenvalue weighted by atomic mass is 32.1. The van der Waals surface area contributed by atoms with Gasteiger partial charge in [-0.3, -0.25) is 4.79 Å². The van der Waals surface area contributed by atoms with E-state index in [9.17, 15) is 4.79 Å². The van der Waals surface area contributed by atoms with Gasteiger partial charge in [0.15, 0.2) is 0 Å². The van der Waals surface area contributed by atoms with E-state index < -0.39 is 0 Å². The number of carbonyl (C=O) groups is 1. The number of hydrogen-bond donors (Lipinski definition) is 2. The molecular formula is C15H18N2OS. The van der Waals surface area contributed by atoms with Gasteiger partial charge in [0.1, 0.15) is 0 Å². The second kappa shape index (κ2) is 6.38. The highest BCUT2D eigenvalue weighted by Crippen LogP contribution is 2.27. The van der Waals surface area contributed by atoms with E-state index in [1.54, 1.807) is 0 Å². The Morgan fingerprint density at radius 3 is 2.74 bits per heavy atom. The van der Waals surface area contributed by atoms with E-state index in [1.165, 1.54) is 16.9 Å². The summed E-state index contributed by atoms with van der Waals surface area (Å²) in [6.07, 6.45) is 1.74. The van der Waals surface area contributed by atoms with Gasteiger partial charge in [-0.05, 0) is 18.1 Å². The summed E-state index contributed by atoms with van der Waals surface area (Å²) < 4.78 is 0. The molecule has 3 N–H and O–H groups in total. The van der Waals surface area contributed by atoms with Crippen molar-refractivity contribution in [3.8, 4) is 0 Å². The third kappa shape index (κ3) is 3.58. The highest BCUT2D eigenvalue weighted by molar-refractivity contribution is 7.16. The summed E-state index contributed by atoms with van der Waals surface area (Å²) >= 11 is 1.49. The van der Waals surface area contributed by atoms with Crippen LogP contribution in [0.3, 0.4) is 0 Å². The molecule has 0 aliphatic heterocycles. The highest BCUT2D eigenvalue weighted by Gasteiger charge is 2.13. The van der Waals surface area contributed by atoms with Crippen molar-refractivity contribution in [3.05, 3.63) is 52.4 Å². The number of hydrogen-bond acceptors (Lipinski definition) is 3. The van der Waals surface area contributed by atoms with Crippen LogP contribution in [0.1, 0.15) is 34.1 Å². The SMILES string of the molecule is CCCNC(=O)c1cc(Cc2ccccc2)sc1N. The Hall–Kier alpha value is -1.81. The van der Waals surface area contributed by atoms with Gasteiger partial charge in [-0.25, -0.2) is 0 Å². The first-order chi connectivity index (χ1) is 9.20. The zero-order chi connectivity index (χ0) is 13.7. The number of nitrogen functional groups attached to an aromatic ring is 1. The maximum atomic E-state index is 11.9. The van der Waals surface area contributed by atoms with Crippen molar-refractivity contribution in [2.24, 2.45) is 0 Å². The second-order valence-electron chi connectivity index (χ2n) is 4.41. The number of thiophene rings is 1. The molecular weight excluding hydrogens is 256 g/mol. The lowest BCUT2D eigenvalue weighted by molar-refractivity contribution is 0.0955. The van der Waals surface area contributed by atoms with E-state index in [0.29, 0.717) is 17.1 Å². The average molecular weight is 274 g/mol. The maximum absolute atomic E-state index is 11.9. The Bertz CT molecular complexity index is 549. The van der Waals surface area contributed by atoms with Crippen molar-refractivity contribution in [3.63, 3.8) is 0 Å². The van der Waals surface area contributed by atoms with Crippen LogP contribution in [-0.2, 0) is 6.42 Å². The molecule has 0 fully saturated rings. The summed E-state index contributed by atoms with van der Waals surface area (Å²) in [5, 5.41) is 3.45. The molecule has 4 heteroatoms. The number of anilines is 1. The van der Waals surface area contributed by atoms with Crippen LogP contribution < -0.4 is 11.1 Å². The fourth-order valence-electron chi connectivity index (χ4n) is 1.85. The molecule has 0 aliphatic rings. The predicted molar refractivity (Wildman–Crippen MR) is 80.6 cm³/mol. The van der Waals surface area contributed by atoms with E-state index in [4.69, 9.17) is 5.73 Å². The first kappa shape index (κ1) is 13.6. The molecule has 1 heterocycles. The van der Waals surface area contributed by atoms with E-state index in [2.05, 4.69) is 17.4 Å². The molecule has 0 unspecified atom stereocenters. The second-order valence-corrected chi connectivity index (χ2v) is 5.58. The zero-order valence-corrected chi connectivity index (χ0v) is 11.8. The Morgan fingerprint density at radius 1 is 1.32 bits per heavy atom. The molecule has 0 saturated heterocycles. The van der Waals surface area contributed by atoms with Crippen LogP contribution in [-0.4, -0.2) is 12.5 Å². The minimum Gasteiger partial charge on any atom is -0.390 e. The van der Waals surface area contributed by atoms with Gasteiger partial charge in [0, 0.05) is 17.8 Å². The molecule has 19 heavy (non-hydrogen) atoms. The Labute approximate surface area is 117 Å². The minimum absolute atomic E-state index is 0.0742. The summed E-state index contributed by atoms with van der Waals surface area (Å²) in [5.41, 5.74) is 7.75. The van der Waals surface area contributed by atoms with E-state index in [0.717, 1.165) is 17.7 Å². The molecule has 3 nitrogen and oxygen atoms in total. The average Bonchev–Trinajstić information content (AvgIpc) is 2.78. The summed E-state index contributed by atoms with van der Waals surface area (Å²) in [5.74, 6) is -0.0742. The molecule has 2 rings (SSSR count). The number of nitrogens with one attached hydrogen (secondary N) is 1. The Morgan fingerprint density at radius 2 is 2.05 bits per heavy atom. The summed E-state index contributed by atoms with van der Waals surface area (Å²) in [7, 11) is 0. The molecule has 0 aliphatic carbocycles. The molecule has 1 aromatic heterocycles. The van der Waals surface area contributed by atoms with Crippen LogP contribution >= 0.6 is 11.3 Å². The fraction of sp³-hybridized carbons (Fsp3) is 0.267. The van der Waals surface area contributed by atoms with Crippen LogP contribution in [0, 0.1) is 0 Å². The minimum atomic E-state index is -0.0742. The first-order valence-electron chi connectivity index (χ1n) is 6.41. The van der Waals surface area contributed by atoms with Gasteiger partial charge >= 0.3 is 0 Å². The number of rotatable bonds is 5. The molecule has 1 amide bonds. The Kier molecular flexibility index (Phi) is 4.58. The van der Waals surface area contributed by atoms with Crippen LogP contribution in [0.4, 0.5) is 5.00 Å². The molecule has 0 radical (unpaired) electrons. The van der Waals surface area contributed by atoms with Crippen LogP contribution in [0.2, 0.25) is 0 Å². The van der Waals surface area contributed by atoms with E-state index >= 15 is 0 Å². The largest absolute Gasteiger partial charge is 0.390 e. The van der Waals surface area contributed by atoms with Gasteiger partial charge in [0.25, 0.3) is 5.91 Å². The predicted octanol–water partition coefficient (Wildman–Crippen LogP) is 3.06. The number of benzene rings is 1. The third-order valence-corrected chi connectivity index (χ3v) is 3.78. The van der Waals surface area contributed by atoms with E-state index in [1.807, 2.05) is 31.2 Å². The van der Waals surface area contributed by atoms with Crippen molar-refractivity contribution >= 4 is 22.2 Å². The molecule has 0 bridgehead atoms. The Balaban J connectivity index is 2.10. The van der Waals surface area contributed by atoms with Gasteiger partial charge in [-0.15, -0.1) is 11.3 Å². The van der Waals surface area contributed by atoms with Crippen LogP contribution in [0.25, 0.3) is 0 Å². The monoisotopic (exact) mass is 274 g/mol. The molecule has 100 valence electrons. The van der Waals surface area contributed by atoms with Crippen LogP contribution in [0.15, 0.2) is 36.4 Å². The topological polar surface area (TPSA) is 55.1 Å². The lowest BCUT2D eigenvalue weighted by Crippen LogP contribution is -2.24. The molecule has 1 aromatic carbocycles. The number of carbonyl (C=O) groups excluding carboxylic acids is 1. The van der Waals surface area contributed by atoms with Gasteiger partial charge in [0.2, 0.25) is 0 Å². The molecule has 0 atom stereocenters. The first-order valence-corrected chi connectivity index (χ1v) is 7.22. The summed E-state index contributed by atoms with van der Waals surface area (Å²) in [6.45, 7) is 2.71. The van der Waals surface area contributed by atoms with Gasteiger partial charge < -0.3 is 11.1 Å². The maximum Gasteiger partial charge on any atom is 0.254 e. The van der Waals surface area contributed by atoms with Gasteiger partial charge in [0.05, 0.1) is 10.6 Å². The van der Waals surface area contributed by atoms with Crippen molar-refractivity contribution in [2.45, 2.75) is 19.8 Å². The lowest BCUT2D eigenvalue weighted by atomic mass is 10.1. The van der Waals surface area contributed by atoms with E-state index in [-0.39, 0.29) is 5.91 Å². The summed E-state index contributed by atoms with van der Waals surface area (Å²) in [6, 6.07) is 12.1. The van der Waals surface area contributed by atoms with Crippen LogP contribution in [0.5, 0.6) is 0 Å².